The van der Waals surface area contributed by atoms with Crippen LogP contribution in [0.15, 0.2) is 5.10 Å². The second-order valence-corrected chi connectivity index (χ2v) is 12.1. The Labute approximate surface area is 227 Å². The average molecular weight is 578 g/mol. The van der Waals surface area contributed by atoms with Gasteiger partial charge in [-0.3, -0.25) is 4.57 Å². The minimum Gasteiger partial charge on any atom is -0.461 e. The van der Waals surface area contributed by atoms with Crippen LogP contribution < -0.4 is 15.1 Å². The van der Waals surface area contributed by atoms with E-state index in [-0.39, 0.29) is 24.5 Å². The molecule has 0 aromatic carbocycles. The van der Waals surface area contributed by atoms with Crippen LogP contribution in [-0.4, -0.2) is 111 Å². The molecule has 0 bridgehead atoms. The number of aliphatic hydroxyl groups is 3. The molecule has 1 aliphatic heterocycles. The second kappa shape index (κ2) is 13.1. The molecule has 1 saturated carbocycles. The van der Waals surface area contributed by atoms with Crippen molar-refractivity contribution in [2.45, 2.75) is 88.5 Å². The number of rotatable bonds is 14. The fraction of sp³-hybridized carbons (Fsp3) is 0.783. The van der Waals surface area contributed by atoms with Crippen LogP contribution in [0.25, 0.3) is 0 Å². The number of nitrogens with one attached hydrogen (secondary N) is 1. The fourth-order valence-corrected chi connectivity index (χ4v) is 4.99. The third-order valence-corrected chi connectivity index (χ3v) is 8.27. The highest BCUT2D eigenvalue weighted by Crippen LogP contribution is 2.51. The highest BCUT2D eigenvalue weighted by Gasteiger charge is 2.50. The van der Waals surface area contributed by atoms with Crippen molar-refractivity contribution in [1.82, 2.24) is 9.97 Å². The van der Waals surface area contributed by atoms with Gasteiger partial charge in [0.25, 0.3) is 0 Å². The number of ether oxygens (including phenoxy) is 4. The van der Waals surface area contributed by atoms with E-state index in [1.807, 2.05) is 0 Å². The van der Waals surface area contributed by atoms with Crippen molar-refractivity contribution < 1.29 is 48.6 Å². The third-order valence-electron chi connectivity index (χ3n) is 6.78. The molecule has 6 atom stereocenters. The van der Waals surface area contributed by atoms with Crippen molar-refractivity contribution in [2.24, 2.45) is 5.10 Å². The lowest BCUT2D eigenvalue weighted by Crippen LogP contribution is -2.42. The van der Waals surface area contributed by atoms with Crippen LogP contribution in [0.4, 0.5) is 11.6 Å². The van der Waals surface area contributed by atoms with Crippen molar-refractivity contribution in [2.75, 3.05) is 37.3 Å². The Hall–Kier alpha value is -1.94. The first kappa shape index (κ1) is 31.6. The van der Waals surface area contributed by atoms with Crippen molar-refractivity contribution in [3.8, 4) is 6.01 Å². The minimum atomic E-state index is -4.77. The van der Waals surface area contributed by atoms with E-state index < -0.39 is 56.8 Å². The van der Waals surface area contributed by atoms with E-state index in [4.69, 9.17) is 18.9 Å². The molecule has 1 aromatic heterocycles. The first-order valence-electron chi connectivity index (χ1n) is 12.7. The van der Waals surface area contributed by atoms with Crippen molar-refractivity contribution in [3.05, 3.63) is 5.56 Å². The summed E-state index contributed by atoms with van der Waals surface area (Å²) in [4.78, 5) is 28.3. The van der Waals surface area contributed by atoms with Gasteiger partial charge in [0.05, 0.1) is 19.3 Å². The summed E-state index contributed by atoms with van der Waals surface area (Å²) in [6.45, 7) is 7.12. The van der Waals surface area contributed by atoms with Crippen molar-refractivity contribution in [3.63, 3.8) is 0 Å². The largest absolute Gasteiger partial charge is 0.461 e. The highest BCUT2D eigenvalue weighted by atomic mass is 31.2. The maximum atomic E-state index is 12.0. The third kappa shape index (κ3) is 7.43. The molecule has 2 heterocycles. The van der Waals surface area contributed by atoms with Crippen molar-refractivity contribution >= 4 is 25.9 Å². The molecule has 39 heavy (non-hydrogen) atoms. The Kier molecular flexibility index (Phi) is 10.6. The SMILES string of the molecule is C=NN(c1nc(OC[C@@H](C)O)nc(NC2CCCC2)c1C)[C@@H]1O[C@H](COC(C)(COC)P(=O)(O)O)[C@@H](O)[C@H]1O. The standard InChI is InChI=1S/C23H40N5O10P/c1-13(29)10-36-22-26-19(25-15-8-6-7-9-15)14(2)20(27-22)28(24-4)21-18(31)17(30)16(38-21)11-37-23(3,12-35-5)39(32,33)34/h13,15-18,21,29-31H,4,6-12H2,1-3,5H3,(H,25,26,27)(H2,32,33,34)/t13-,16-,17-,18-,21-,23?/m1/s1. The van der Waals surface area contributed by atoms with Crippen LogP contribution in [0.1, 0.15) is 45.1 Å². The number of aliphatic hydroxyl groups excluding tert-OH is 3. The van der Waals surface area contributed by atoms with Crippen LogP contribution in [0.5, 0.6) is 6.01 Å². The lowest BCUT2D eigenvalue weighted by atomic mass is 10.1. The summed E-state index contributed by atoms with van der Waals surface area (Å²) in [7, 11) is -3.50. The van der Waals surface area contributed by atoms with Gasteiger partial charge in [0, 0.05) is 25.4 Å². The van der Waals surface area contributed by atoms with Gasteiger partial charge in [-0.1, -0.05) is 12.8 Å². The van der Waals surface area contributed by atoms with Crippen LogP contribution in [0.2, 0.25) is 0 Å². The molecule has 2 fully saturated rings. The number of hydrogen-bond acceptors (Lipinski definition) is 13. The van der Waals surface area contributed by atoms with Gasteiger partial charge in [-0.15, -0.1) is 0 Å². The fourth-order valence-electron chi connectivity index (χ4n) is 4.45. The molecule has 1 saturated heterocycles. The summed E-state index contributed by atoms with van der Waals surface area (Å²) in [5, 5.41) is 37.8. The summed E-state index contributed by atoms with van der Waals surface area (Å²) in [5.74, 6) is 0.657. The maximum Gasteiger partial charge on any atom is 0.359 e. The minimum absolute atomic E-state index is 0.0458. The zero-order chi connectivity index (χ0) is 29.0. The van der Waals surface area contributed by atoms with Gasteiger partial charge in [0.1, 0.15) is 30.7 Å². The zero-order valence-electron chi connectivity index (χ0n) is 22.6. The molecule has 222 valence electrons. The molecule has 6 N–H and O–H groups in total. The molecule has 0 spiro atoms. The molecule has 2 aliphatic rings. The number of aromatic nitrogens is 2. The quantitative estimate of drug-likeness (QED) is 0.100. The normalized spacial score (nSPS) is 26.3. The molecular weight excluding hydrogens is 537 g/mol. The molecule has 16 heteroatoms. The predicted octanol–water partition coefficient (Wildman–Crippen LogP) is 0.325. The molecule has 1 unspecified atom stereocenters. The second-order valence-electron chi connectivity index (χ2n) is 10.1. The van der Waals surface area contributed by atoms with Gasteiger partial charge in [0.15, 0.2) is 17.4 Å². The molecule has 1 aliphatic carbocycles. The monoisotopic (exact) mass is 577 g/mol. The van der Waals surface area contributed by atoms with Gasteiger partial charge < -0.3 is 49.4 Å². The summed E-state index contributed by atoms with van der Waals surface area (Å²) < 4.78 is 33.8. The van der Waals surface area contributed by atoms with E-state index in [0.29, 0.717) is 11.4 Å². The van der Waals surface area contributed by atoms with E-state index in [9.17, 15) is 29.7 Å². The first-order chi connectivity index (χ1) is 18.3. The van der Waals surface area contributed by atoms with Crippen molar-refractivity contribution in [1.29, 1.82) is 0 Å². The highest BCUT2D eigenvalue weighted by molar-refractivity contribution is 7.53. The molecule has 3 rings (SSSR count). The Bertz CT molecular complexity index is 1020. The maximum absolute atomic E-state index is 12.0. The summed E-state index contributed by atoms with van der Waals surface area (Å²) in [6.07, 6.45) is -2.12. The van der Waals surface area contributed by atoms with Crippen LogP contribution in [-0.2, 0) is 18.8 Å². The molecule has 15 nitrogen and oxygen atoms in total. The number of methoxy groups -OCH3 is 1. The lowest BCUT2D eigenvalue weighted by molar-refractivity contribution is -0.0971. The average Bonchev–Trinajstić information content (AvgIpc) is 3.47. The van der Waals surface area contributed by atoms with E-state index in [0.717, 1.165) is 25.7 Å². The summed E-state index contributed by atoms with van der Waals surface area (Å²) in [6, 6.07) is 0.156. The van der Waals surface area contributed by atoms with Gasteiger partial charge >= 0.3 is 13.6 Å². The van der Waals surface area contributed by atoms with Gasteiger partial charge in [-0.05, 0) is 33.6 Å². The zero-order valence-corrected chi connectivity index (χ0v) is 23.5. The number of hydrogen-bond donors (Lipinski definition) is 6. The number of anilines is 2. The Morgan fingerprint density at radius 3 is 2.51 bits per heavy atom. The van der Waals surface area contributed by atoms with E-state index in [2.05, 4.69) is 27.1 Å². The predicted molar refractivity (Wildman–Crippen MR) is 141 cm³/mol. The molecule has 0 amide bonds. The van der Waals surface area contributed by atoms with Gasteiger partial charge in [-0.2, -0.15) is 15.1 Å². The summed E-state index contributed by atoms with van der Waals surface area (Å²) >= 11 is 0. The lowest BCUT2D eigenvalue weighted by Gasteiger charge is -2.31. The molecular formula is C23H40N5O10P. The first-order valence-corrected chi connectivity index (χ1v) is 14.3. The molecule has 0 radical (unpaired) electrons. The molecule has 1 aromatic rings. The van der Waals surface area contributed by atoms with E-state index in [1.165, 1.54) is 19.0 Å². The Balaban J connectivity index is 1.87. The Morgan fingerprint density at radius 2 is 1.95 bits per heavy atom. The van der Waals surface area contributed by atoms with E-state index in [1.54, 1.807) is 13.8 Å². The van der Waals surface area contributed by atoms with Crippen LogP contribution in [0, 0.1) is 6.92 Å². The van der Waals surface area contributed by atoms with Crippen LogP contribution in [0.3, 0.4) is 0 Å². The Morgan fingerprint density at radius 1 is 1.28 bits per heavy atom. The number of nitrogens with zero attached hydrogens (tertiary/aromatic N) is 4. The van der Waals surface area contributed by atoms with Crippen LogP contribution >= 0.6 is 7.60 Å². The summed E-state index contributed by atoms with van der Waals surface area (Å²) in [5.41, 5.74) is 0.554. The van der Waals surface area contributed by atoms with E-state index >= 15 is 0 Å². The van der Waals surface area contributed by atoms with Gasteiger partial charge in [0.2, 0.25) is 0 Å². The van der Waals surface area contributed by atoms with Gasteiger partial charge in [-0.25, -0.2) is 5.01 Å². The topological polar surface area (TPSA) is 209 Å². The number of hydrazone groups is 1. The smallest absolute Gasteiger partial charge is 0.359 e.